The molecule has 1 aliphatic heterocycles. The molecule has 0 aromatic carbocycles. The molecule has 0 amide bonds. The lowest BCUT2D eigenvalue weighted by Gasteiger charge is -1.82. The van der Waals surface area contributed by atoms with Crippen LogP contribution in [0.2, 0.25) is 0 Å². The molecule has 0 aromatic rings. The molecule has 1 heterocycles. The maximum atomic E-state index is 3.08. The first-order chi connectivity index (χ1) is 4.68. The van der Waals surface area contributed by atoms with Crippen LogP contribution in [0.3, 0.4) is 0 Å². The number of rotatable bonds is 0. The van der Waals surface area contributed by atoms with Crippen LogP contribution in [0.5, 0.6) is 0 Å². The molecule has 10 heavy (non-hydrogen) atoms. The van der Waals surface area contributed by atoms with Crippen LogP contribution < -0.4 is 0 Å². The summed E-state index contributed by atoms with van der Waals surface area (Å²) in [5.41, 5.74) is 0. The first-order valence-corrected chi connectivity index (χ1v) is 4.91. The topological polar surface area (TPSA) is 3.01 Å². The largest absolute Gasteiger partial charge is 0.191 e. The van der Waals surface area contributed by atoms with Crippen LogP contribution in [0.1, 0.15) is 0 Å². The predicted molar refractivity (Wildman–Crippen MR) is 60.0 cm³/mol. The monoisotopic (exact) mass is 358 g/mol. The van der Waals surface area contributed by atoms with Crippen LogP contribution in [-0.4, -0.2) is 17.5 Å². The van der Waals surface area contributed by atoms with Crippen molar-refractivity contribution in [1.29, 1.82) is 0 Å². The molecule has 1 nitrogen and oxygen atoms in total. The lowest BCUT2D eigenvalue weighted by atomic mass is 10.5. The number of allylic oxidation sites excluding steroid dienone is 4. The zero-order valence-corrected chi connectivity index (χ0v) is 9.75. The van der Waals surface area contributed by atoms with Gasteiger partial charge in [-0.05, 0) is 51.3 Å². The van der Waals surface area contributed by atoms with Gasteiger partial charge < -0.3 is 0 Å². The molecule has 0 N–H and O–H groups in total. The summed E-state index contributed by atoms with van der Waals surface area (Å²) in [6, 6.07) is 0. The van der Waals surface area contributed by atoms with E-state index in [0.717, 1.165) is 0 Å². The van der Waals surface area contributed by atoms with Gasteiger partial charge in [-0.25, -0.2) is 0 Å². The van der Waals surface area contributed by atoms with E-state index in [0.29, 0.717) is 0 Å². The summed E-state index contributed by atoms with van der Waals surface area (Å²) >= 11 is 4.57. The summed E-state index contributed by atoms with van der Waals surface area (Å²) in [6.45, 7) is 0. The molecule has 1 aliphatic rings. The van der Waals surface area contributed by atoms with E-state index in [2.05, 4.69) is 57.1 Å². The van der Waals surface area contributed by atoms with E-state index in [1.807, 2.05) is 23.9 Å². The molecule has 0 atom stereocenters. The van der Waals surface area contributed by atoms with E-state index >= 15 is 0 Å². The Bertz CT molecular complexity index is 267. The molecule has 0 saturated heterocycles. The van der Waals surface area contributed by atoms with E-state index in [9.17, 15) is 0 Å². The average molecular weight is 358 g/mol. The third-order valence-corrected chi connectivity index (χ3v) is 2.21. The normalized spacial score (nSPS) is 17.3. The maximum absolute atomic E-state index is 3.08. The van der Waals surface area contributed by atoms with Crippen molar-refractivity contribution in [1.82, 2.24) is 0 Å². The molecule has 0 fully saturated rings. The standard InChI is InChI=1S/C7H6I2N/c1-10-3-2-6(8)4-7(9)5-10/h2,4-5H,1H3/q+1. The highest BCUT2D eigenvalue weighted by molar-refractivity contribution is 14.1. The van der Waals surface area contributed by atoms with Gasteiger partial charge >= 0.3 is 0 Å². The summed E-state index contributed by atoms with van der Waals surface area (Å²) < 4.78 is 4.36. The van der Waals surface area contributed by atoms with Gasteiger partial charge in [0.25, 0.3) is 0 Å². The number of nitrogens with zero attached hydrogens (tertiary/aromatic N) is 1. The van der Waals surface area contributed by atoms with Gasteiger partial charge in [0.1, 0.15) is 7.05 Å². The van der Waals surface area contributed by atoms with Gasteiger partial charge in [0.15, 0.2) is 12.1 Å². The molecule has 1 rings (SSSR count). The fourth-order valence-corrected chi connectivity index (χ4v) is 2.42. The van der Waals surface area contributed by atoms with Gasteiger partial charge in [0.2, 0.25) is 0 Å². The van der Waals surface area contributed by atoms with E-state index in [1.165, 1.54) is 7.16 Å². The number of halogens is 2. The zero-order chi connectivity index (χ0) is 7.56. The van der Waals surface area contributed by atoms with Crippen LogP contribution in [0, 0.1) is 0 Å². The Kier molecular flexibility index (Phi) is 3.13. The van der Waals surface area contributed by atoms with Crippen molar-refractivity contribution in [3.05, 3.63) is 25.5 Å². The molecular formula is C7H6I2N+. The summed E-state index contributed by atoms with van der Waals surface area (Å²) in [6.07, 6.45) is 6.10. The van der Waals surface area contributed by atoms with Gasteiger partial charge in [0.05, 0.1) is 9.66 Å². The number of hydrogen-bond donors (Lipinski definition) is 0. The quantitative estimate of drug-likeness (QED) is 0.463. The summed E-state index contributed by atoms with van der Waals surface area (Å²) in [4.78, 5) is 0. The average Bonchev–Trinajstić information content (AvgIpc) is 1.93. The van der Waals surface area contributed by atoms with Crippen molar-refractivity contribution in [2.24, 2.45) is 0 Å². The van der Waals surface area contributed by atoms with E-state index in [4.69, 9.17) is 0 Å². The maximum Gasteiger partial charge on any atom is 0.191 e. The molecule has 0 spiro atoms. The van der Waals surface area contributed by atoms with Crippen molar-refractivity contribution in [2.45, 2.75) is 0 Å². The van der Waals surface area contributed by atoms with Crippen LogP contribution in [0.25, 0.3) is 0 Å². The molecule has 0 unspecified atom stereocenters. The lowest BCUT2D eigenvalue weighted by molar-refractivity contribution is -0.414. The van der Waals surface area contributed by atoms with Crippen LogP contribution in [0.15, 0.2) is 25.5 Å². The summed E-state index contributed by atoms with van der Waals surface area (Å²) in [7, 11) is 1.97. The van der Waals surface area contributed by atoms with Crippen molar-refractivity contribution in [3.8, 4) is 0 Å². The third-order valence-electron chi connectivity index (χ3n) is 0.999. The SMILES string of the molecule is C[N+]1=C=CC(I)=CC(I)=C1. The first-order valence-electron chi connectivity index (χ1n) is 2.75. The van der Waals surface area contributed by atoms with Gasteiger partial charge in [-0.1, -0.05) is 0 Å². The number of hydrogen-bond acceptors (Lipinski definition) is 0. The highest BCUT2D eigenvalue weighted by atomic mass is 127. The first kappa shape index (κ1) is 8.49. The zero-order valence-electron chi connectivity index (χ0n) is 5.44. The second-order valence-corrected chi connectivity index (χ2v) is 4.42. The summed E-state index contributed by atoms with van der Waals surface area (Å²) in [5, 5.41) is 0. The Balaban J connectivity index is 3.10. The van der Waals surface area contributed by atoms with Crippen molar-refractivity contribution in [2.75, 3.05) is 7.05 Å². The predicted octanol–water partition coefficient (Wildman–Crippen LogP) is 2.46. The highest BCUT2D eigenvalue weighted by Crippen LogP contribution is 2.16. The van der Waals surface area contributed by atoms with Crippen molar-refractivity contribution >= 4 is 51.1 Å². The Morgan fingerprint density at radius 2 is 2.10 bits per heavy atom. The van der Waals surface area contributed by atoms with E-state index < -0.39 is 0 Å². The summed E-state index contributed by atoms with van der Waals surface area (Å²) in [5.74, 6) is 3.08. The van der Waals surface area contributed by atoms with Gasteiger partial charge in [-0.15, -0.1) is 0 Å². The molecule has 52 valence electrons. The second-order valence-electron chi connectivity index (χ2n) is 1.93. The van der Waals surface area contributed by atoms with Gasteiger partial charge in [-0.3, -0.25) is 0 Å². The molecule has 0 aliphatic carbocycles. The highest BCUT2D eigenvalue weighted by Gasteiger charge is 1.97. The molecule has 0 radical (unpaired) electrons. The lowest BCUT2D eigenvalue weighted by Crippen LogP contribution is -1.90. The van der Waals surface area contributed by atoms with Crippen LogP contribution >= 0.6 is 45.2 Å². The minimum absolute atomic E-state index is 1.21. The minimum Gasteiger partial charge on any atom is -0.159 e. The minimum atomic E-state index is 1.21. The Morgan fingerprint density at radius 1 is 1.40 bits per heavy atom. The Hall–Kier alpha value is 0.390. The fraction of sp³-hybridized carbons (Fsp3) is 0.143. The molecular weight excluding hydrogens is 352 g/mol. The second kappa shape index (κ2) is 3.69. The van der Waals surface area contributed by atoms with Crippen LogP contribution in [0.4, 0.5) is 0 Å². The Morgan fingerprint density at radius 3 is 2.80 bits per heavy atom. The Labute approximate surface area is 87.5 Å². The molecule has 0 aromatic heterocycles. The van der Waals surface area contributed by atoms with Crippen LogP contribution in [-0.2, 0) is 0 Å². The van der Waals surface area contributed by atoms with Gasteiger partial charge in [0, 0.05) is 3.58 Å². The van der Waals surface area contributed by atoms with Crippen molar-refractivity contribution < 1.29 is 4.58 Å². The molecule has 3 heteroatoms. The molecule has 0 bridgehead atoms. The van der Waals surface area contributed by atoms with E-state index in [-0.39, 0.29) is 0 Å². The van der Waals surface area contributed by atoms with Crippen molar-refractivity contribution in [3.63, 3.8) is 0 Å². The van der Waals surface area contributed by atoms with Gasteiger partial charge in [-0.2, -0.15) is 4.58 Å². The molecule has 0 saturated carbocycles. The fourth-order valence-electron chi connectivity index (χ4n) is 0.596. The third kappa shape index (κ3) is 2.56. The smallest absolute Gasteiger partial charge is 0.159 e. The van der Waals surface area contributed by atoms with E-state index in [1.54, 1.807) is 0 Å².